The van der Waals surface area contributed by atoms with E-state index in [1.165, 1.54) is 0 Å². The summed E-state index contributed by atoms with van der Waals surface area (Å²) in [4.78, 5) is 12.7. The maximum Gasteiger partial charge on any atom is 0.315 e. The van der Waals surface area contributed by atoms with Crippen LogP contribution in [0.15, 0.2) is 0 Å². The van der Waals surface area contributed by atoms with Crippen molar-refractivity contribution in [2.75, 3.05) is 0 Å². The smallest absolute Gasteiger partial charge is 0.315 e. The molecular weight excluding hydrogens is 240 g/mol. The average Bonchev–Trinajstić information content (AvgIpc) is 2.33. The van der Waals surface area contributed by atoms with Crippen LogP contribution >= 0.6 is 0 Å². The molecule has 3 heteroatoms. The number of carbonyl (C=O) groups is 1. The van der Waals surface area contributed by atoms with Gasteiger partial charge in [-0.15, -0.1) is 0 Å². The second-order valence-corrected chi connectivity index (χ2v) is 8.24. The minimum Gasteiger partial charge on any atom is -0.459 e. The zero-order valence-corrected chi connectivity index (χ0v) is 13.1. The third-order valence-corrected chi connectivity index (χ3v) is 5.23. The molecule has 3 nitrogen and oxygen atoms in total. The lowest BCUT2D eigenvalue weighted by atomic mass is 9.66. The fraction of sp³-hybridized carbons (Fsp3) is 0.938. The van der Waals surface area contributed by atoms with Crippen LogP contribution in [-0.2, 0) is 9.53 Å². The van der Waals surface area contributed by atoms with Gasteiger partial charge in [0.2, 0.25) is 0 Å². The van der Waals surface area contributed by atoms with Crippen molar-refractivity contribution in [1.82, 2.24) is 0 Å². The molecule has 0 aromatic rings. The summed E-state index contributed by atoms with van der Waals surface area (Å²) >= 11 is 0. The predicted octanol–water partition coefficient (Wildman–Crippen LogP) is 3.15. The Bertz CT molecular complexity index is 380. The molecule has 0 aromatic carbocycles. The highest BCUT2D eigenvalue weighted by molar-refractivity contribution is 5.79. The third kappa shape index (κ3) is 2.20. The molecule has 0 aliphatic heterocycles. The predicted molar refractivity (Wildman–Crippen MR) is 74.6 cm³/mol. The third-order valence-electron chi connectivity index (χ3n) is 5.23. The zero-order valence-electron chi connectivity index (χ0n) is 13.1. The fourth-order valence-corrected chi connectivity index (χ4v) is 4.24. The number of aliphatic hydroxyl groups excluding tert-OH is 1. The zero-order chi connectivity index (χ0) is 14.6. The van der Waals surface area contributed by atoms with Gasteiger partial charge in [0.05, 0.1) is 11.5 Å². The van der Waals surface area contributed by atoms with Crippen LogP contribution in [0.4, 0.5) is 0 Å². The summed E-state index contributed by atoms with van der Waals surface area (Å²) in [5.74, 6) is 0.210. The molecule has 0 heterocycles. The molecule has 2 rings (SSSR count). The molecule has 2 fully saturated rings. The van der Waals surface area contributed by atoms with E-state index < -0.39 is 17.1 Å². The molecule has 0 aromatic heterocycles. The van der Waals surface area contributed by atoms with Crippen LogP contribution in [0, 0.1) is 22.7 Å². The number of hydrogen-bond donors (Lipinski definition) is 1. The molecule has 2 aliphatic rings. The van der Waals surface area contributed by atoms with Crippen LogP contribution in [0.1, 0.15) is 60.8 Å². The molecule has 0 saturated heterocycles. The highest BCUT2D eigenvalue weighted by Crippen LogP contribution is 2.62. The van der Waals surface area contributed by atoms with Gasteiger partial charge in [0.25, 0.3) is 0 Å². The van der Waals surface area contributed by atoms with Crippen LogP contribution < -0.4 is 0 Å². The summed E-state index contributed by atoms with van der Waals surface area (Å²) in [6.45, 7) is 12.1. The summed E-state index contributed by atoms with van der Waals surface area (Å²) < 4.78 is 5.63. The summed E-state index contributed by atoms with van der Waals surface area (Å²) in [6, 6.07) is 0. The summed E-state index contributed by atoms with van der Waals surface area (Å²) in [5.41, 5.74) is -1.17. The van der Waals surface area contributed by atoms with Crippen LogP contribution in [0.2, 0.25) is 0 Å². The second kappa shape index (κ2) is 4.21. The van der Waals surface area contributed by atoms with E-state index in [0.29, 0.717) is 0 Å². The summed E-state index contributed by atoms with van der Waals surface area (Å²) in [6.07, 6.45) is 2.20. The molecule has 0 spiro atoms. The van der Waals surface area contributed by atoms with Gasteiger partial charge in [-0.3, -0.25) is 4.79 Å². The van der Waals surface area contributed by atoms with Gasteiger partial charge in [-0.25, -0.2) is 0 Å². The van der Waals surface area contributed by atoms with E-state index in [1.807, 2.05) is 20.8 Å². The molecule has 1 N–H and O–H groups in total. The Morgan fingerprint density at radius 2 is 1.84 bits per heavy atom. The van der Waals surface area contributed by atoms with E-state index in [0.717, 1.165) is 19.3 Å². The molecule has 110 valence electrons. The lowest BCUT2D eigenvalue weighted by molar-refractivity contribution is -0.182. The van der Waals surface area contributed by atoms with Gasteiger partial charge in [0.1, 0.15) is 5.60 Å². The summed E-state index contributed by atoms with van der Waals surface area (Å²) in [5, 5.41) is 10.7. The Labute approximate surface area is 116 Å². The summed E-state index contributed by atoms with van der Waals surface area (Å²) in [7, 11) is 0. The molecule has 0 radical (unpaired) electrons. The van der Waals surface area contributed by atoms with Crippen molar-refractivity contribution in [1.29, 1.82) is 0 Å². The lowest BCUT2D eigenvalue weighted by Gasteiger charge is -2.42. The molecule has 4 atom stereocenters. The molecule has 2 bridgehead atoms. The first-order valence-electron chi connectivity index (χ1n) is 7.42. The quantitative estimate of drug-likeness (QED) is 0.743. The first kappa shape index (κ1) is 14.8. The minimum absolute atomic E-state index is 0.0150. The monoisotopic (exact) mass is 268 g/mol. The van der Waals surface area contributed by atoms with Crippen molar-refractivity contribution in [3.8, 4) is 0 Å². The number of ether oxygens (including phenoxy) is 1. The van der Waals surface area contributed by atoms with Crippen LogP contribution in [0.3, 0.4) is 0 Å². The Morgan fingerprint density at radius 1 is 1.26 bits per heavy atom. The molecule has 0 amide bonds. The molecule has 19 heavy (non-hydrogen) atoms. The van der Waals surface area contributed by atoms with Gasteiger partial charge < -0.3 is 9.84 Å². The Hall–Kier alpha value is -0.570. The van der Waals surface area contributed by atoms with Crippen LogP contribution in [-0.4, -0.2) is 22.8 Å². The van der Waals surface area contributed by atoms with Crippen molar-refractivity contribution < 1.29 is 14.6 Å². The van der Waals surface area contributed by atoms with E-state index >= 15 is 0 Å². The maximum absolute atomic E-state index is 12.7. The Kier molecular flexibility index (Phi) is 3.29. The molecule has 2 saturated carbocycles. The van der Waals surface area contributed by atoms with Gasteiger partial charge in [-0.1, -0.05) is 20.8 Å². The van der Waals surface area contributed by atoms with E-state index in [9.17, 15) is 9.90 Å². The number of esters is 1. The van der Waals surface area contributed by atoms with E-state index in [2.05, 4.69) is 20.8 Å². The van der Waals surface area contributed by atoms with E-state index in [-0.39, 0.29) is 23.2 Å². The lowest BCUT2D eigenvalue weighted by Crippen LogP contribution is -2.50. The number of carbonyl (C=O) groups excluding carboxylic acids is 1. The van der Waals surface area contributed by atoms with Crippen molar-refractivity contribution in [2.24, 2.45) is 22.7 Å². The number of rotatable bonds is 1. The average molecular weight is 268 g/mol. The normalized spacial score (nSPS) is 41.1. The standard InChI is InChI=1S/C16H28O3/c1-10-7-8-11-12(17)16(10,9-15(11,5)6)13(18)19-14(2,3)4/h10-12,17H,7-9H2,1-6H3/t10?,11?,12-,16+/m0/s1. The van der Waals surface area contributed by atoms with E-state index in [4.69, 9.17) is 4.74 Å². The molecular formula is C16H28O3. The SMILES string of the molecule is CC1CCC2[C@H](O)[C@@]1(C(=O)OC(C)(C)C)CC2(C)C. The van der Waals surface area contributed by atoms with Gasteiger partial charge in [0, 0.05) is 0 Å². The van der Waals surface area contributed by atoms with Gasteiger partial charge >= 0.3 is 5.97 Å². The van der Waals surface area contributed by atoms with Crippen molar-refractivity contribution >= 4 is 5.97 Å². The van der Waals surface area contributed by atoms with Crippen LogP contribution in [0.5, 0.6) is 0 Å². The molecule has 2 aliphatic carbocycles. The number of aliphatic hydroxyl groups is 1. The first-order valence-corrected chi connectivity index (χ1v) is 7.42. The molecule has 2 unspecified atom stereocenters. The van der Waals surface area contributed by atoms with Crippen molar-refractivity contribution in [3.05, 3.63) is 0 Å². The highest BCUT2D eigenvalue weighted by Gasteiger charge is 2.65. The van der Waals surface area contributed by atoms with Gasteiger partial charge in [-0.2, -0.15) is 0 Å². The first-order chi connectivity index (χ1) is 8.51. The fourth-order valence-electron chi connectivity index (χ4n) is 4.24. The van der Waals surface area contributed by atoms with Crippen molar-refractivity contribution in [3.63, 3.8) is 0 Å². The van der Waals surface area contributed by atoms with Gasteiger partial charge in [0.15, 0.2) is 0 Å². The maximum atomic E-state index is 12.7. The van der Waals surface area contributed by atoms with Crippen LogP contribution in [0.25, 0.3) is 0 Å². The highest BCUT2D eigenvalue weighted by atomic mass is 16.6. The minimum atomic E-state index is -0.695. The number of fused-ring (bicyclic) bond motifs is 2. The van der Waals surface area contributed by atoms with Crippen molar-refractivity contribution in [2.45, 2.75) is 72.5 Å². The van der Waals surface area contributed by atoms with E-state index in [1.54, 1.807) is 0 Å². The van der Waals surface area contributed by atoms with Gasteiger partial charge in [-0.05, 0) is 57.3 Å². The largest absolute Gasteiger partial charge is 0.459 e. The number of hydrogen-bond acceptors (Lipinski definition) is 3. The Balaban J connectivity index is 2.36. The second-order valence-electron chi connectivity index (χ2n) is 8.24. The Morgan fingerprint density at radius 3 is 2.37 bits per heavy atom. The topological polar surface area (TPSA) is 46.5 Å².